The Balaban J connectivity index is 2.01. The molecule has 3 N–H and O–H groups in total. The summed E-state index contributed by atoms with van der Waals surface area (Å²) in [5, 5.41) is 4.46. The predicted molar refractivity (Wildman–Crippen MR) is 63.6 cm³/mol. The lowest BCUT2D eigenvalue weighted by atomic mass is 10.3. The summed E-state index contributed by atoms with van der Waals surface area (Å²) in [4.78, 5) is 5.51. The molecule has 14 heavy (non-hydrogen) atoms. The van der Waals surface area contributed by atoms with Crippen molar-refractivity contribution in [3.05, 3.63) is 9.48 Å². The first-order valence-electron chi connectivity index (χ1n) is 4.91. The highest BCUT2D eigenvalue weighted by Gasteiger charge is 2.16. The molecule has 0 unspecified atom stereocenters. The Morgan fingerprint density at radius 1 is 1.50 bits per heavy atom. The number of hydrogen-bond donors (Lipinski definition) is 2. The Hall–Kier alpha value is -0.130. The van der Waals surface area contributed by atoms with Gasteiger partial charge in [0.2, 0.25) is 0 Å². The zero-order valence-corrected chi connectivity index (χ0v) is 10.3. The third-order valence-electron chi connectivity index (χ3n) is 2.52. The number of nitrogens with two attached hydrogens (primary N) is 1. The molecule has 0 spiro atoms. The van der Waals surface area contributed by atoms with Crippen molar-refractivity contribution in [1.29, 1.82) is 0 Å². The Bertz CT molecular complexity index is 307. The zero-order valence-electron chi connectivity index (χ0n) is 7.92. The molecule has 1 aliphatic rings. The summed E-state index contributed by atoms with van der Waals surface area (Å²) in [6.07, 6.45) is 5.23. The summed E-state index contributed by atoms with van der Waals surface area (Å²) >= 11 is 5.06. The normalized spacial score (nSPS) is 17.6. The van der Waals surface area contributed by atoms with Crippen LogP contribution in [0.25, 0.3) is 0 Å². The minimum absolute atomic E-state index is 0.560. The van der Waals surface area contributed by atoms with Gasteiger partial charge in [-0.25, -0.2) is 4.98 Å². The third-order valence-corrected chi connectivity index (χ3v) is 4.45. The van der Waals surface area contributed by atoms with E-state index in [0.717, 1.165) is 14.6 Å². The van der Waals surface area contributed by atoms with Crippen molar-refractivity contribution >= 4 is 32.4 Å². The third kappa shape index (κ3) is 2.27. The van der Waals surface area contributed by atoms with Crippen molar-refractivity contribution in [2.24, 2.45) is 5.73 Å². The fourth-order valence-corrected chi connectivity index (χ4v) is 3.27. The van der Waals surface area contributed by atoms with Crippen LogP contribution >= 0.6 is 27.3 Å². The SMILES string of the molecule is NCc1sc(NC2CCCC2)nc1Br. The quantitative estimate of drug-likeness (QED) is 0.892. The maximum atomic E-state index is 5.58. The Kier molecular flexibility index (Phi) is 3.41. The van der Waals surface area contributed by atoms with Gasteiger partial charge in [0.1, 0.15) is 4.60 Å². The summed E-state index contributed by atoms with van der Waals surface area (Å²) in [6.45, 7) is 0.560. The molecule has 2 rings (SSSR count). The van der Waals surface area contributed by atoms with Gasteiger partial charge >= 0.3 is 0 Å². The molecule has 1 heterocycles. The summed E-state index contributed by atoms with van der Waals surface area (Å²) < 4.78 is 0.894. The molecule has 1 saturated carbocycles. The second kappa shape index (κ2) is 4.59. The molecule has 0 atom stereocenters. The standard InChI is InChI=1S/C9H14BrN3S/c10-8-7(5-11)14-9(13-8)12-6-3-1-2-4-6/h6H,1-5,11H2,(H,12,13). The van der Waals surface area contributed by atoms with E-state index in [2.05, 4.69) is 26.2 Å². The van der Waals surface area contributed by atoms with Crippen LogP contribution in [0.2, 0.25) is 0 Å². The molecule has 0 aromatic carbocycles. The van der Waals surface area contributed by atoms with Crippen LogP contribution in [0.3, 0.4) is 0 Å². The lowest BCUT2D eigenvalue weighted by Crippen LogP contribution is -2.13. The van der Waals surface area contributed by atoms with Gasteiger partial charge < -0.3 is 11.1 Å². The van der Waals surface area contributed by atoms with Crippen LogP contribution in [0.5, 0.6) is 0 Å². The maximum Gasteiger partial charge on any atom is 0.184 e. The van der Waals surface area contributed by atoms with Crippen LogP contribution in [0.4, 0.5) is 5.13 Å². The van der Waals surface area contributed by atoms with Crippen LogP contribution in [-0.4, -0.2) is 11.0 Å². The van der Waals surface area contributed by atoms with Crippen molar-refractivity contribution in [2.75, 3.05) is 5.32 Å². The van der Waals surface area contributed by atoms with Crippen molar-refractivity contribution in [3.63, 3.8) is 0 Å². The first-order valence-corrected chi connectivity index (χ1v) is 6.52. The van der Waals surface area contributed by atoms with Gasteiger partial charge in [-0.05, 0) is 28.8 Å². The second-order valence-electron chi connectivity index (χ2n) is 3.56. The van der Waals surface area contributed by atoms with E-state index in [9.17, 15) is 0 Å². The van der Waals surface area contributed by atoms with E-state index in [0.29, 0.717) is 12.6 Å². The van der Waals surface area contributed by atoms with Gasteiger partial charge in [0.05, 0.1) is 4.88 Å². The number of aromatic nitrogens is 1. The van der Waals surface area contributed by atoms with Gasteiger partial charge in [0.15, 0.2) is 5.13 Å². The highest BCUT2D eigenvalue weighted by atomic mass is 79.9. The van der Waals surface area contributed by atoms with Crippen molar-refractivity contribution in [2.45, 2.75) is 38.3 Å². The number of anilines is 1. The number of halogens is 1. The van der Waals surface area contributed by atoms with Gasteiger partial charge in [0.25, 0.3) is 0 Å². The van der Waals surface area contributed by atoms with E-state index in [4.69, 9.17) is 5.73 Å². The Morgan fingerprint density at radius 3 is 2.79 bits per heavy atom. The molecular formula is C9H14BrN3S. The van der Waals surface area contributed by atoms with Crippen molar-refractivity contribution in [1.82, 2.24) is 4.98 Å². The lowest BCUT2D eigenvalue weighted by Gasteiger charge is -2.09. The smallest absolute Gasteiger partial charge is 0.184 e. The molecule has 0 aliphatic heterocycles. The van der Waals surface area contributed by atoms with Gasteiger partial charge in [0, 0.05) is 12.6 Å². The molecule has 1 fully saturated rings. The lowest BCUT2D eigenvalue weighted by molar-refractivity contribution is 0.754. The number of nitrogens with one attached hydrogen (secondary N) is 1. The van der Waals surface area contributed by atoms with E-state index in [1.807, 2.05) is 0 Å². The van der Waals surface area contributed by atoms with Crippen LogP contribution in [0.15, 0.2) is 4.60 Å². The Morgan fingerprint density at radius 2 is 2.21 bits per heavy atom. The maximum absolute atomic E-state index is 5.58. The van der Waals surface area contributed by atoms with E-state index in [-0.39, 0.29) is 0 Å². The van der Waals surface area contributed by atoms with E-state index < -0.39 is 0 Å². The summed E-state index contributed by atoms with van der Waals surface area (Å²) in [5.41, 5.74) is 5.58. The zero-order chi connectivity index (χ0) is 9.97. The predicted octanol–water partition coefficient (Wildman–Crippen LogP) is 2.72. The van der Waals surface area contributed by atoms with Gasteiger partial charge in [-0.1, -0.05) is 24.2 Å². The molecule has 5 heteroatoms. The number of rotatable bonds is 3. The van der Waals surface area contributed by atoms with Crippen LogP contribution < -0.4 is 11.1 Å². The summed E-state index contributed by atoms with van der Waals surface area (Å²) in [6, 6.07) is 0.624. The molecule has 78 valence electrons. The van der Waals surface area contributed by atoms with Crippen LogP contribution in [-0.2, 0) is 6.54 Å². The topological polar surface area (TPSA) is 50.9 Å². The minimum atomic E-state index is 0.560. The monoisotopic (exact) mass is 275 g/mol. The van der Waals surface area contributed by atoms with Crippen molar-refractivity contribution < 1.29 is 0 Å². The van der Waals surface area contributed by atoms with Gasteiger partial charge in [-0.3, -0.25) is 0 Å². The number of nitrogens with zero attached hydrogens (tertiary/aromatic N) is 1. The molecule has 3 nitrogen and oxygen atoms in total. The molecule has 0 radical (unpaired) electrons. The fourth-order valence-electron chi connectivity index (χ4n) is 1.77. The minimum Gasteiger partial charge on any atom is -0.359 e. The largest absolute Gasteiger partial charge is 0.359 e. The second-order valence-corrected chi connectivity index (χ2v) is 5.40. The summed E-state index contributed by atoms with van der Waals surface area (Å²) in [7, 11) is 0. The molecule has 0 bridgehead atoms. The molecule has 1 aromatic heterocycles. The molecule has 1 aliphatic carbocycles. The van der Waals surface area contributed by atoms with Crippen LogP contribution in [0, 0.1) is 0 Å². The van der Waals surface area contributed by atoms with E-state index in [1.165, 1.54) is 25.7 Å². The van der Waals surface area contributed by atoms with Crippen LogP contribution in [0.1, 0.15) is 30.6 Å². The molecule has 0 saturated heterocycles. The number of thiazole rings is 1. The number of hydrogen-bond acceptors (Lipinski definition) is 4. The first-order chi connectivity index (χ1) is 6.79. The fraction of sp³-hybridized carbons (Fsp3) is 0.667. The molecule has 1 aromatic rings. The first kappa shape index (κ1) is 10.4. The van der Waals surface area contributed by atoms with E-state index >= 15 is 0 Å². The average Bonchev–Trinajstić information content (AvgIpc) is 2.76. The van der Waals surface area contributed by atoms with Gasteiger partial charge in [-0.2, -0.15) is 0 Å². The van der Waals surface area contributed by atoms with Gasteiger partial charge in [-0.15, -0.1) is 0 Å². The van der Waals surface area contributed by atoms with E-state index in [1.54, 1.807) is 11.3 Å². The summed E-state index contributed by atoms with van der Waals surface area (Å²) in [5.74, 6) is 0. The Labute approximate surface area is 96.2 Å². The highest BCUT2D eigenvalue weighted by Crippen LogP contribution is 2.29. The highest BCUT2D eigenvalue weighted by molar-refractivity contribution is 9.10. The van der Waals surface area contributed by atoms with Crippen molar-refractivity contribution in [3.8, 4) is 0 Å². The molecular weight excluding hydrogens is 262 g/mol. The molecule has 0 amide bonds. The average molecular weight is 276 g/mol.